The summed E-state index contributed by atoms with van der Waals surface area (Å²) in [6, 6.07) is 10.6. The second-order valence-corrected chi connectivity index (χ2v) is 9.58. The number of nitrogens with one attached hydrogen (secondary N) is 2. The minimum absolute atomic E-state index is 0.00856. The zero-order chi connectivity index (χ0) is 26.9. The van der Waals surface area contributed by atoms with Gasteiger partial charge in [0.1, 0.15) is 11.5 Å². The van der Waals surface area contributed by atoms with Gasteiger partial charge in [-0.1, -0.05) is 40.2 Å². The van der Waals surface area contributed by atoms with Crippen LogP contribution in [0.1, 0.15) is 5.56 Å². The molecule has 1 unspecified atom stereocenters. The molecule has 13 heteroatoms. The van der Waals surface area contributed by atoms with E-state index in [0.717, 1.165) is 15.3 Å². The summed E-state index contributed by atoms with van der Waals surface area (Å²) in [7, 11) is 1.30. The lowest BCUT2D eigenvalue weighted by atomic mass is 10.0. The average molecular weight is 591 g/mol. The topological polar surface area (TPSA) is 121 Å². The number of anilines is 2. The van der Waals surface area contributed by atoms with Crippen molar-refractivity contribution in [2.45, 2.75) is 13.1 Å². The van der Waals surface area contributed by atoms with Crippen LogP contribution in [0.2, 0.25) is 0 Å². The van der Waals surface area contributed by atoms with Crippen LogP contribution in [0, 0.1) is 11.6 Å². The molecule has 9 nitrogen and oxygen atoms in total. The van der Waals surface area contributed by atoms with Gasteiger partial charge in [0, 0.05) is 34.9 Å². The number of nitrogens with zero attached hydrogens (tertiary/aromatic N) is 3. The number of fused-ring (bicyclic) bond motifs is 1. The smallest absolute Gasteiger partial charge is 0.289 e. The van der Waals surface area contributed by atoms with Crippen molar-refractivity contribution >= 4 is 49.5 Å². The fraction of sp³-hybridized carbons (Fsp3) is 0.125. The predicted molar refractivity (Wildman–Crippen MR) is 140 cm³/mol. The first-order chi connectivity index (χ1) is 17.6. The SMILES string of the molecule is C=CCn1nc(-c2cccc(CNS(=O)[O-])c2)c2c(c(Nc3ccc(Br)cc3F)c(F)c(=O)n2C)c1=O. The van der Waals surface area contributed by atoms with E-state index in [1.165, 1.54) is 25.3 Å². The summed E-state index contributed by atoms with van der Waals surface area (Å²) in [4.78, 5) is 26.4. The van der Waals surface area contributed by atoms with Gasteiger partial charge < -0.3 is 14.4 Å². The molecule has 2 aromatic carbocycles. The molecule has 0 radical (unpaired) electrons. The van der Waals surface area contributed by atoms with Crippen LogP contribution in [0.15, 0.2) is 69.2 Å². The molecule has 0 amide bonds. The summed E-state index contributed by atoms with van der Waals surface area (Å²) in [5.74, 6) is -2.01. The Kier molecular flexibility index (Phi) is 7.78. The van der Waals surface area contributed by atoms with Gasteiger partial charge >= 0.3 is 0 Å². The summed E-state index contributed by atoms with van der Waals surface area (Å²) in [6.45, 7) is 3.58. The van der Waals surface area contributed by atoms with E-state index in [1.807, 2.05) is 0 Å². The minimum atomic E-state index is -2.49. The zero-order valence-electron chi connectivity index (χ0n) is 19.3. The largest absolute Gasteiger partial charge is 0.760 e. The normalized spacial score (nSPS) is 12.0. The van der Waals surface area contributed by atoms with Gasteiger partial charge in [0.2, 0.25) is 5.82 Å². The molecule has 0 aliphatic heterocycles. The molecular weight excluding hydrogens is 572 g/mol. The third-order valence-electron chi connectivity index (χ3n) is 5.51. The van der Waals surface area contributed by atoms with Crippen molar-refractivity contribution in [3.63, 3.8) is 0 Å². The van der Waals surface area contributed by atoms with Crippen molar-refractivity contribution in [2.75, 3.05) is 5.32 Å². The van der Waals surface area contributed by atoms with Gasteiger partial charge in [0.05, 0.1) is 28.8 Å². The molecule has 4 aromatic rings. The molecular formula is C24H19BrF2N5O4S-. The number of hydrogen-bond acceptors (Lipinski definition) is 6. The standard InChI is InChI=1S/C24H20BrF2N5O4S/c1-3-9-32-23(33)18-21(29-17-8-7-15(25)11-16(17)26)19(27)24(34)31(2)22(18)20(30-32)14-6-4-5-13(10-14)12-28-37(35)36/h3-8,10-11,28-29H,1,9,12H2,2H3,(H,35,36)/p-1. The average Bonchev–Trinajstić information content (AvgIpc) is 2.86. The Balaban J connectivity index is 2.06. The van der Waals surface area contributed by atoms with E-state index in [-0.39, 0.29) is 35.4 Å². The highest BCUT2D eigenvalue weighted by Gasteiger charge is 2.24. The molecule has 0 spiro atoms. The molecule has 0 fully saturated rings. The van der Waals surface area contributed by atoms with Crippen LogP contribution in [-0.2, 0) is 31.4 Å². The van der Waals surface area contributed by atoms with Gasteiger partial charge in [0.25, 0.3) is 11.1 Å². The Labute approximate surface area is 220 Å². The maximum atomic E-state index is 15.4. The Morgan fingerprint density at radius 2 is 1.95 bits per heavy atom. The Morgan fingerprint density at radius 1 is 1.19 bits per heavy atom. The molecule has 192 valence electrons. The predicted octanol–water partition coefficient (Wildman–Crippen LogP) is 3.62. The Bertz CT molecular complexity index is 1690. The zero-order valence-corrected chi connectivity index (χ0v) is 21.7. The van der Waals surface area contributed by atoms with Crippen molar-refractivity contribution < 1.29 is 17.5 Å². The number of rotatable bonds is 8. The fourth-order valence-electron chi connectivity index (χ4n) is 3.83. The van der Waals surface area contributed by atoms with Crippen molar-refractivity contribution in [3.05, 3.63) is 97.5 Å². The number of halogens is 3. The van der Waals surface area contributed by atoms with Gasteiger partial charge in [0.15, 0.2) is 0 Å². The first kappa shape index (κ1) is 26.5. The molecule has 37 heavy (non-hydrogen) atoms. The van der Waals surface area contributed by atoms with Gasteiger partial charge in [-0.05, 0) is 29.8 Å². The van der Waals surface area contributed by atoms with Gasteiger partial charge in [-0.3, -0.25) is 13.8 Å². The number of benzene rings is 2. The lowest BCUT2D eigenvalue weighted by Crippen LogP contribution is -2.30. The molecule has 1 atom stereocenters. The van der Waals surface area contributed by atoms with Crippen LogP contribution in [0.25, 0.3) is 22.2 Å². The van der Waals surface area contributed by atoms with Crippen LogP contribution < -0.4 is 21.2 Å². The highest BCUT2D eigenvalue weighted by atomic mass is 79.9. The van der Waals surface area contributed by atoms with E-state index in [0.29, 0.717) is 15.6 Å². The van der Waals surface area contributed by atoms with E-state index >= 15 is 4.39 Å². The molecule has 0 saturated heterocycles. The molecule has 0 saturated carbocycles. The molecule has 2 aromatic heterocycles. The lowest BCUT2D eigenvalue weighted by molar-refractivity contribution is 0.522. The molecule has 4 rings (SSSR count). The second-order valence-electron chi connectivity index (χ2n) is 7.91. The van der Waals surface area contributed by atoms with E-state index in [1.54, 1.807) is 24.3 Å². The quantitative estimate of drug-likeness (QED) is 0.239. The Hall–Kier alpha value is -3.52. The lowest BCUT2D eigenvalue weighted by Gasteiger charge is -2.18. The number of hydrogen-bond donors (Lipinski definition) is 2. The van der Waals surface area contributed by atoms with Crippen LogP contribution in [0.4, 0.5) is 20.2 Å². The third-order valence-corrected chi connectivity index (χ3v) is 6.39. The van der Waals surface area contributed by atoms with Crippen LogP contribution in [-0.4, -0.2) is 23.1 Å². The third kappa shape index (κ3) is 5.30. The molecule has 2 N–H and O–H groups in total. The summed E-state index contributed by atoms with van der Waals surface area (Å²) in [5.41, 5.74) is -1.27. The van der Waals surface area contributed by atoms with Crippen molar-refractivity contribution in [1.29, 1.82) is 0 Å². The van der Waals surface area contributed by atoms with Crippen molar-refractivity contribution in [1.82, 2.24) is 19.1 Å². The first-order valence-corrected chi connectivity index (χ1v) is 12.6. The number of pyridine rings is 1. The van der Waals surface area contributed by atoms with Crippen LogP contribution in [0.3, 0.4) is 0 Å². The van der Waals surface area contributed by atoms with E-state index in [9.17, 15) is 22.7 Å². The fourth-order valence-corrected chi connectivity index (χ4v) is 4.45. The molecule has 2 heterocycles. The van der Waals surface area contributed by atoms with E-state index in [2.05, 4.69) is 37.6 Å². The van der Waals surface area contributed by atoms with Crippen LogP contribution >= 0.6 is 15.9 Å². The highest BCUT2D eigenvalue weighted by Crippen LogP contribution is 2.32. The highest BCUT2D eigenvalue weighted by molar-refractivity contribution is 9.10. The van der Waals surface area contributed by atoms with E-state index in [4.69, 9.17) is 0 Å². The molecule has 0 aliphatic carbocycles. The van der Waals surface area contributed by atoms with Gasteiger partial charge in [-0.15, -0.1) is 6.58 Å². The van der Waals surface area contributed by atoms with Gasteiger partial charge in [-0.25, -0.2) is 13.8 Å². The summed E-state index contributed by atoms with van der Waals surface area (Å²) in [5, 5.41) is 6.76. The summed E-state index contributed by atoms with van der Waals surface area (Å²) >= 11 is 0.665. The van der Waals surface area contributed by atoms with Crippen LogP contribution in [0.5, 0.6) is 0 Å². The Morgan fingerprint density at radius 3 is 2.62 bits per heavy atom. The van der Waals surface area contributed by atoms with Gasteiger partial charge in [-0.2, -0.15) is 9.49 Å². The second kappa shape index (κ2) is 10.8. The number of allylic oxidation sites excluding steroid dienone is 1. The number of aromatic nitrogens is 3. The minimum Gasteiger partial charge on any atom is -0.760 e. The maximum Gasteiger partial charge on any atom is 0.289 e. The van der Waals surface area contributed by atoms with Crippen molar-refractivity contribution in [2.24, 2.45) is 7.05 Å². The molecule has 0 aliphatic rings. The maximum absolute atomic E-state index is 15.4. The monoisotopic (exact) mass is 590 g/mol. The summed E-state index contributed by atoms with van der Waals surface area (Å²) < 4.78 is 56.6. The molecule has 0 bridgehead atoms. The summed E-state index contributed by atoms with van der Waals surface area (Å²) in [6.07, 6.45) is 1.42. The van der Waals surface area contributed by atoms with E-state index < -0.39 is 39.7 Å². The number of aryl methyl sites for hydroxylation is 1. The first-order valence-electron chi connectivity index (χ1n) is 10.7. The van der Waals surface area contributed by atoms with Crippen molar-refractivity contribution in [3.8, 4) is 11.3 Å².